The van der Waals surface area contributed by atoms with E-state index in [-0.39, 0.29) is 5.56 Å². The predicted molar refractivity (Wildman–Crippen MR) is 158 cm³/mol. The van der Waals surface area contributed by atoms with Crippen LogP contribution in [-0.4, -0.2) is 70.0 Å². The van der Waals surface area contributed by atoms with Crippen LogP contribution in [0.4, 0.5) is 5.69 Å². The number of hydrogen-bond donors (Lipinski definition) is 1. The molecule has 3 heterocycles. The third-order valence-electron chi connectivity index (χ3n) is 7.53. The second-order valence-electron chi connectivity index (χ2n) is 10.0. The van der Waals surface area contributed by atoms with Crippen molar-refractivity contribution >= 4 is 16.6 Å². The smallest absolute Gasteiger partial charge is 0.253 e. The number of hydrogen-bond acceptors (Lipinski definition) is 8. The maximum absolute atomic E-state index is 13.6. The fourth-order valence-electron chi connectivity index (χ4n) is 5.55. The molecule has 1 aliphatic heterocycles. The van der Waals surface area contributed by atoms with Gasteiger partial charge in [-0.25, -0.2) is 4.68 Å². The Bertz CT molecular complexity index is 1680. The van der Waals surface area contributed by atoms with Gasteiger partial charge in [0.05, 0.1) is 25.9 Å². The minimum absolute atomic E-state index is 0.159. The van der Waals surface area contributed by atoms with E-state index in [1.807, 2.05) is 79.7 Å². The molecule has 210 valence electrons. The molecule has 0 amide bonds. The van der Waals surface area contributed by atoms with Crippen LogP contribution in [0.3, 0.4) is 0 Å². The number of rotatable bonds is 9. The van der Waals surface area contributed by atoms with Gasteiger partial charge in [0, 0.05) is 42.6 Å². The van der Waals surface area contributed by atoms with E-state index in [1.54, 1.807) is 11.8 Å². The standard InChI is InChI=1S/C31H33N7O3/c1-3-41-24-13-14-26-23(19-24)20-25(31(39)32-26)29(30-33-34-35-38(30)21-22-9-5-4-6-10-22)37-17-15-36(16-18-37)27-11-7-8-12-28(27)40-2/h4-14,19-20,29H,3,15-18,21H2,1-2H3,(H,32,39)/t29-/m0/s1. The number of H-pyrrole nitrogens is 1. The van der Waals surface area contributed by atoms with Crippen molar-refractivity contribution in [1.29, 1.82) is 0 Å². The Kier molecular flexibility index (Phi) is 7.64. The van der Waals surface area contributed by atoms with Crippen molar-refractivity contribution in [3.8, 4) is 11.5 Å². The lowest BCUT2D eigenvalue weighted by Gasteiger charge is -2.40. The van der Waals surface area contributed by atoms with Crippen LogP contribution in [0.2, 0.25) is 0 Å². The molecule has 3 aromatic carbocycles. The number of pyridine rings is 1. The molecule has 5 aromatic rings. The summed E-state index contributed by atoms with van der Waals surface area (Å²) in [6.07, 6.45) is 0. The number of ether oxygens (including phenoxy) is 2. The number of benzene rings is 3. The number of para-hydroxylation sites is 2. The summed E-state index contributed by atoms with van der Waals surface area (Å²) in [5.74, 6) is 2.24. The van der Waals surface area contributed by atoms with Crippen LogP contribution in [0.25, 0.3) is 10.9 Å². The van der Waals surface area contributed by atoms with Gasteiger partial charge in [0.15, 0.2) is 5.82 Å². The van der Waals surface area contributed by atoms with Crippen molar-refractivity contribution in [3.63, 3.8) is 0 Å². The highest BCUT2D eigenvalue weighted by atomic mass is 16.5. The molecule has 0 unspecified atom stereocenters. The molecule has 0 aliphatic carbocycles. The van der Waals surface area contributed by atoms with E-state index in [2.05, 4.69) is 36.4 Å². The first-order valence-electron chi connectivity index (χ1n) is 13.9. The molecule has 10 heteroatoms. The van der Waals surface area contributed by atoms with Gasteiger partial charge in [0.2, 0.25) is 0 Å². The summed E-state index contributed by atoms with van der Waals surface area (Å²) >= 11 is 0. The normalized spacial score (nSPS) is 14.7. The van der Waals surface area contributed by atoms with Crippen LogP contribution in [0.15, 0.2) is 83.7 Å². The highest BCUT2D eigenvalue weighted by molar-refractivity contribution is 5.80. The largest absolute Gasteiger partial charge is 0.495 e. The first-order valence-corrected chi connectivity index (χ1v) is 13.9. The van der Waals surface area contributed by atoms with Crippen molar-refractivity contribution in [3.05, 3.63) is 106 Å². The SMILES string of the molecule is CCOc1ccc2[nH]c(=O)c([C@@H](c3nnnn3Cc3ccccc3)N3CCN(c4ccccc4OC)CC3)cc2c1. The Hall–Kier alpha value is -4.70. The second kappa shape index (κ2) is 11.8. The van der Waals surface area contributed by atoms with Crippen LogP contribution in [0.1, 0.15) is 29.9 Å². The van der Waals surface area contributed by atoms with E-state index in [9.17, 15) is 4.79 Å². The van der Waals surface area contributed by atoms with Crippen molar-refractivity contribution in [2.24, 2.45) is 0 Å². The maximum atomic E-state index is 13.6. The lowest BCUT2D eigenvalue weighted by atomic mass is 10.0. The zero-order chi connectivity index (χ0) is 28.2. The lowest BCUT2D eigenvalue weighted by Crippen LogP contribution is -2.49. The molecule has 6 rings (SSSR count). The molecule has 1 saturated heterocycles. The molecule has 41 heavy (non-hydrogen) atoms. The number of aromatic nitrogens is 5. The van der Waals surface area contributed by atoms with E-state index in [0.29, 0.717) is 37.6 Å². The maximum Gasteiger partial charge on any atom is 0.253 e. The third kappa shape index (κ3) is 5.51. The fraction of sp³-hybridized carbons (Fsp3) is 0.290. The number of anilines is 1. The van der Waals surface area contributed by atoms with Crippen LogP contribution in [0.5, 0.6) is 11.5 Å². The van der Waals surface area contributed by atoms with Crippen LogP contribution >= 0.6 is 0 Å². The number of nitrogens with one attached hydrogen (secondary N) is 1. The molecule has 1 N–H and O–H groups in total. The summed E-state index contributed by atoms with van der Waals surface area (Å²) in [6.45, 7) is 5.95. The van der Waals surface area contributed by atoms with Crippen molar-refractivity contribution in [2.75, 3.05) is 44.8 Å². The average molecular weight is 552 g/mol. The monoisotopic (exact) mass is 551 g/mol. The van der Waals surface area contributed by atoms with Gasteiger partial charge in [-0.3, -0.25) is 9.69 Å². The van der Waals surface area contributed by atoms with Gasteiger partial charge in [0.25, 0.3) is 5.56 Å². The number of fused-ring (bicyclic) bond motifs is 1. The summed E-state index contributed by atoms with van der Waals surface area (Å²) in [7, 11) is 1.70. The van der Waals surface area contributed by atoms with Crippen LogP contribution in [0, 0.1) is 0 Å². The zero-order valence-corrected chi connectivity index (χ0v) is 23.2. The highest BCUT2D eigenvalue weighted by Crippen LogP contribution is 2.32. The van der Waals surface area contributed by atoms with E-state index in [0.717, 1.165) is 46.7 Å². The third-order valence-corrected chi connectivity index (χ3v) is 7.53. The molecule has 1 fully saturated rings. The Labute approximate surface area is 238 Å². The average Bonchev–Trinajstić information content (AvgIpc) is 3.46. The summed E-state index contributed by atoms with van der Waals surface area (Å²) < 4.78 is 13.2. The van der Waals surface area contributed by atoms with E-state index in [4.69, 9.17) is 9.47 Å². The van der Waals surface area contributed by atoms with Gasteiger partial charge in [0.1, 0.15) is 17.5 Å². The van der Waals surface area contributed by atoms with Crippen LogP contribution in [-0.2, 0) is 6.54 Å². The van der Waals surface area contributed by atoms with Gasteiger partial charge in [-0.15, -0.1) is 5.10 Å². The molecular weight excluding hydrogens is 518 g/mol. The molecule has 1 atom stereocenters. The minimum Gasteiger partial charge on any atom is -0.495 e. The molecule has 0 radical (unpaired) electrons. The van der Waals surface area contributed by atoms with Crippen molar-refractivity contribution < 1.29 is 9.47 Å². The Morgan fingerprint density at radius 1 is 0.951 bits per heavy atom. The summed E-state index contributed by atoms with van der Waals surface area (Å²) in [4.78, 5) is 21.3. The number of aromatic amines is 1. The topological polar surface area (TPSA) is 101 Å². The van der Waals surface area contributed by atoms with Gasteiger partial charge in [-0.1, -0.05) is 42.5 Å². The van der Waals surface area contributed by atoms with Gasteiger partial charge in [-0.2, -0.15) is 0 Å². The molecule has 10 nitrogen and oxygen atoms in total. The summed E-state index contributed by atoms with van der Waals surface area (Å²) in [5.41, 5.74) is 3.33. The van der Waals surface area contributed by atoms with Crippen LogP contribution < -0.4 is 19.9 Å². The van der Waals surface area contributed by atoms with Crippen molar-refractivity contribution in [1.82, 2.24) is 30.1 Å². The Balaban J connectivity index is 1.39. The van der Waals surface area contributed by atoms with E-state index in [1.165, 1.54) is 0 Å². The number of tetrazole rings is 1. The molecular formula is C31H33N7O3. The first-order chi connectivity index (χ1) is 20.1. The van der Waals surface area contributed by atoms with Gasteiger partial charge >= 0.3 is 0 Å². The highest BCUT2D eigenvalue weighted by Gasteiger charge is 2.33. The zero-order valence-electron chi connectivity index (χ0n) is 23.2. The Morgan fingerprint density at radius 3 is 2.51 bits per heavy atom. The minimum atomic E-state index is -0.447. The summed E-state index contributed by atoms with van der Waals surface area (Å²) in [5, 5.41) is 13.8. The molecule has 0 spiro atoms. The first kappa shape index (κ1) is 26.5. The van der Waals surface area contributed by atoms with E-state index >= 15 is 0 Å². The predicted octanol–water partition coefficient (Wildman–Crippen LogP) is 3.88. The second-order valence-corrected chi connectivity index (χ2v) is 10.0. The van der Waals surface area contributed by atoms with Crippen molar-refractivity contribution in [2.45, 2.75) is 19.5 Å². The fourth-order valence-corrected chi connectivity index (χ4v) is 5.55. The lowest BCUT2D eigenvalue weighted by molar-refractivity contribution is 0.200. The number of methoxy groups -OCH3 is 1. The van der Waals surface area contributed by atoms with E-state index < -0.39 is 6.04 Å². The number of nitrogens with zero attached hydrogens (tertiary/aromatic N) is 6. The van der Waals surface area contributed by atoms with Gasteiger partial charge < -0.3 is 19.4 Å². The number of piperazine rings is 1. The summed E-state index contributed by atoms with van der Waals surface area (Å²) in [6, 6.07) is 25.4. The van der Waals surface area contributed by atoms with Gasteiger partial charge in [-0.05, 0) is 59.3 Å². The quantitative estimate of drug-likeness (QED) is 0.295. The molecule has 2 aromatic heterocycles. The molecule has 0 saturated carbocycles. The Morgan fingerprint density at radius 2 is 1.73 bits per heavy atom. The molecule has 1 aliphatic rings. The molecule has 0 bridgehead atoms.